The molecule has 0 saturated heterocycles. The summed E-state index contributed by atoms with van der Waals surface area (Å²) in [5.41, 5.74) is 2.51. The average Bonchev–Trinajstić information content (AvgIpc) is 2.37. The summed E-state index contributed by atoms with van der Waals surface area (Å²) in [7, 11) is 0. The number of benzene rings is 2. The van der Waals surface area contributed by atoms with E-state index in [1.807, 2.05) is 24.3 Å². The van der Waals surface area contributed by atoms with Gasteiger partial charge in [0, 0.05) is 17.6 Å². The monoisotopic (exact) mass is 245 g/mol. The third-order valence-corrected chi connectivity index (χ3v) is 3.04. The minimum Gasteiger partial charge on any atom is -0.306 e. The van der Waals surface area contributed by atoms with Crippen LogP contribution in [-0.2, 0) is 6.54 Å². The summed E-state index contributed by atoms with van der Waals surface area (Å²) in [6.45, 7) is 3.02. The molecule has 0 unspecified atom stereocenters. The molecule has 1 atom stereocenters. The molecule has 0 spiro atoms. The molecule has 1 N–H and O–H groups in total. The summed E-state index contributed by atoms with van der Waals surface area (Å²) in [5, 5.41) is 4.27. The molecule has 0 bridgehead atoms. The first-order chi connectivity index (χ1) is 8.25. The lowest BCUT2D eigenvalue weighted by Crippen LogP contribution is -2.17. The van der Waals surface area contributed by atoms with Crippen LogP contribution >= 0.6 is 11.6 Å². The molecule has 0 aliphatic heterocycles. The first-order valence-electron chi connectivity index (χ1n) is 5.78. The van der Waals surface area contributed by atoms with Crippen LogP contribution in [0.1, 0.15) is 24.1 Å². The summed E-state index contributed by atoms with van der Waals surface area (Å²) in [5.74, 6) is 0. The lowest BCUT2D eigenvalue weighted by molar-refractivity contribution is 0.575. The van der Waals surface area contributed by atoms with Gasteiger partial charge in [-0.2, -0.15) is 0 Å². The highest BCUT2D eigenvalue weighted by atomic mass is 35.5. The molecule has 2 aromatic rings. The van der Waals surface area contributed by atoms with Crippen LogP contribution in [-0.4, -0.2) is 0 Å². The van der Waals surface area contributed by atoms with Crippen LogP contribution in [0.5, 0.6) is 0 Å². The second-order valence-electron chi connectivity index (χ2n) is 4.14. The van der Waals surface area contributed by atoms with E-state index < -0.39 is 0 Å². The van der Waals surface area contributed by atoms with Crippen molar-refractivity contribution in [1.82, 2.24) is 5.32 Å². The van der Waals surface area contributed by atoms with Crippen molar-refractivity contribution in [3.8, 4) is 0 Å². The molecule has 2 rings (SSSR count). The summed E-state index contributed by atoms with van der Waals surface area (Å²) in [6.07, 6.45) is 0. The van der Waals surface area contributed by atoms with Gasteiger partial charge in [-0.1, -0.05) is 54.1 Å². The number of hydrogen-bond acceptors (Lipinski definition) is 1. The Labute approximate surface area is 107 Å². The van der Waals surface area contributed by atoms with E-state index in [1.54, 1.807) is 0 Å². The van der Waals surface area contributed by atoms with Crippen LogP contribution in [0.15, 0.2) is 54.6 Å². The SMILES string of the molecule is C[C@@H](NCc1ccccc1)c1cccc(Cl)c1. The molecule has 0 aliphatic carbocycles. The summed E-state index contributed by atoms with van der Waals surface area (Å²) < 4.78 is 0. The van der Waals surface area contributed by atoms with E-state index in [0.29, 0.717) is 6.04 Å². The van der Waals surface area contributed by atoms with E-state index in [1.165, 1.54) is 11.1 Å². The number of halogens is 1. The van der Waals surface area contributed by atoms with E-state index in [2.05, 4.69) is 42.6 Å². The Morgan fingerprint density at radius 2 is 1.82 bits per heavy atom. The van der Waals surface area contributed by atoms with Crippen molar-refractivity contribution < 1.29 is 0 Å². The quantitative estimate of drug-likeness (QED) is 0.852. The predicted molar refractivity (Wildman–Crippen MR) is 73.1 cm³/mol. The van der Waals surface area contributed by atoms with Crippen LogP contribution in [0.25, 0.3) is 0 Å². The van der Waals surface area contributed by atoms with Crippen molar-refractivity contribution in [2.24, 2.45) is 0 Å². The van der Waals surface area contributed by atoms with E-state index in [4.69, 9.17) is 11.6 Å². The van der Waals surface area contributed by atoms with Gasteiger partial charge in [-0.3, -0.25) is 0 Å². The van der Waals surface area contributed by atoms with Crippen LogP contribution in [0, 0.1) is 0 Å². The molecular formula is C15H16ClN. The molecule has 0 fully saturated rings. The fourth-order valence-corrected chi connectivity index (χ4v) is 1.96. The first-order valence-corrected chi connectivity index (χ1v) is 6.16. The number of nitrogens with one attached hydrogen (secondary N) is 1. The Balaban J connectivity index is 1.96. The van der Waals surface area contributed by atoms with Crippen molar-refractivity contribution in [3.63, 3.8) is 0 Å². The Bertz CT molecular complexity index is 467. The fourth-order valence-electron chi connectivity index (χ4n) is 1.76. The van der Waals surface area contributed by atoms with Crippen molar-refractivity contribution in [2.45, 2.75) is 19.5 Å². The lowest BCUT2D eigenvalue weighted by atomic mass is 10.1. The number of rotatable bonds is 4. The normalized spacial score (nSPS) is 12.4. The third-order valence-electron chi connectivity index (χ3n) is 2.80. The zero-order valence-electron chi connectivity index (χ0n) is 9.86. The van der Waals surface area contributed by atoms with Gasteiger partial charge in [0.05, 0.1) is 0 Å². The molecule has 0 heterocycles. The van der Waals surface area contributed by atoms with Gasteiger partial charge in [0.1, 0.15) is 0 Å². The van der Waals surface area contributed by atoms with Crippen molar-refractivity contribution in [1.29, 1.82) is 0 Å². The maximum atomic E-state index is 5.98. The molecule has 2 aromatic carbocycles. The molecule has 0 saturated carbocycles. The highest BCUT2D eigenvalue weighted by molar-refractivity contribution is 6.30. The molecule has 0 aliphatic rings. The van der Waals surface area contributed by atoms with Gasteiger partial charge in [0.2, 0.25) is 0 Å². The van der Waals surface area contributed by atoms with Gasteiger partial charge >= 0.3 is 0 Å². The highest BCUT2D eigenvalue weighted by Gasteiger charge is 2.04. The lowest BCUT2D eigenvalue weighted by Gasteiger charge is -2.14. The number of hydrogen-bond donors (Lipinski definition) is 1. The molecule has 17 heavy (non-hydrogen) atoms. The summed E-state index contributed by atoms with van der Waals surface area (Å²) >= 11 is 5.98. The van der Waals surface area contributed by atoms with Crippen LogP contribution in [0.3, 0.4) is 0 Å². The van der Waals surface area contributed by atoms with Gasteiger partial charge in [-0.15, -0.1) is 0 Å². The van der Waals surface area contributed by atoms with Gasteiger partial charge < -0.3 is 5.32 Å². The zero-order chi connectivity index (χ0) is 12.1. The Kier molecular flexibility index (Phi) is 4.18. The molecular weight excluding hydrogens is 230 g/mol. The van der Waals surface area contributed by atoms with Crippen molar-refractivity contribution in [3.05, 3.63) is 70.7 Å². The van der Waals surface area contributed by atoms with Gasteiger partial charge in [0.25, 0.3) is 0 Å². The Morgan fingerprint density at radius 3 is 2.53 bits per heavy atom. The van der Waals surface area contributed by atoms with Gasteiger partial charge in [0.15, 0.2) is 0 Å². The van der Waals surface area contributed by atoms with Gasteiger partial charge in [-0.25, -0.2) is 0 Å². The average molecular weight is 246 g/mol. The van der Waals surface area contributed by atoms with Gasteiger partial charge in [-0.05, 0) is 30.2 Å². The van der Waals surface area contributed by atoms with E-state index in [-0.39, 0.29) is 0 Å². The topological polar surface area (TPSA) is 12.0 Å². The van der Waals surface area contributed by atoms with Crippen LogP contribution in [0.2, 0.25) is 5.02 Å². The van der Waals surface area contributed by atoms with Crippen molar-refractivity contribution in [2.75, 3.05) is 0 Å². The minimum absolute atomic E-state index is 0.300. The molecule has 88 valence electrons. The molecule has 1 nitrogen and oxygen atoms in total. The second-order valence-corrected chi connectivity index (χ2v) is 4.58. The van der Waals surface area contributed by atoms with Crippen molar-refractivity contribution >= 4 is 11.6 Å². The smallest absolute Gasteiger partial charge is 0.0409 e. The van der Waals surface area contributed by atoms with Crippen LogP contribution in [0.4, 0.5) is 0 Å². The molecule has 2 heteroatoms. The largest absolute Gasteiger partial charge is 0.306 e. The zero-order valence-corrected chi connectivity index (χ0v) is 10.6. The van der Waals surface area contributed by atoms with E-state index in [9.17, 15) is 0 Å². The first kappa shape index (κ1) is 12.2. The molecule has 0 radical (unpaired) electrons. The van der Waals surface area contributed by atoms with E-state index >= 15 is 0 Å². The van der Waals surface area contributed by atoms with Crippen LogP contribution < -0.4 is 5.32 Å². The highest BCUT2D eigenvalue weighted by Crippen LogP contribution is 2.17. The summed E-state index contributed by atoms with van der Waals surface area (Å²) in [6, 6.07) is 18.7. The van der Waals surface area contributed by atoms with E-state index in [0.717, 1.165) is 11.6 Å². The standard InChI is InChI=1S/C15H16ClN/c1-12(14-8-5-9-15(16)10-14)17-11-13-6-3-2-4-7-13/h2-10,12,17H,11H2,1H3/t12-/m1/s1. The fraction of sp³-hybridized carbons (Fsp3) is 0.200. The maximum Gasteiger partial charge on any atom is 0.0409 e. The second kappa shape index (κ2) is 5.85. The summed E-state index contributed by atoms with van der Waals surface area (Å²) in [4.78, 5) is 0. The minimum atomic E-state index is 0.300. The molecule has 0 aromatic heterocycles. The maximum absolute atomic E-state index is 5.98. The Hall–Kier alpha value is -1.31. The third kappa shape index (κ3) is 3.58. The predicted octanol–water partition coefficient (Wildman–Crippen LogP) is 4.19. The molecule has 0 amide bonds. The Morgan fingerprint density at radius 1 is 1.06 bits per heavy atom.